The maximum absolute atomic E-state index is 6.18. The van der Waals surface area contributed by atoms with E-state index in [2.05, 4.69) is 37.7 Å². The van der Waals surface area contributed by atoms with Gasteiger partial charge in [0, 0.05) is 31.4 Å². The summed E-state index contributed by atoms with van der Waals surface area (Å²) in [5.41, 5.74) is 8.24. The molecule has 1 aliphatic rings. The van der Waals surface area contributed by atoms with Gasteiger partial charge in [-0.05, 0) is 18.8 Å². The zero-order valence-electron chi connectivity index (χ0n) is 10.3. The summed E-state index contributed by atoms with van der Waals surface area (Å²) in [4.78, 5) is 2.18. The highest BCUT2D eigenvalue weighted by Gasteiger charge is 2.28. The number of allylic oxidation sites excluding steroid dienone is 1. The average molecular weight is 209 g/mol. The molecule has 1 aliphatic carbocycles. The molecule has 0 aromatic heterocycles. The van der Waals surface area contributed by atoms with Crippen molar-refractivity contribution >= 4 is 0 Å². The molecule has 0 radical (unpaired) electrons. The van der Waals surface area contributed by atoms with Crippen molar-refractivity contribution in [2.45, 2.75) is 32.7 Å². The summed E-state index contributed by atoms with van der Waals surface area (Å²) in [6, 6.07) is 0.642. The second-order valence-electron chi connectivity index (χ2n) is 4.52. The van der Waals surface area contributed by atoms with E-state index in [0.29, 0.717) is 12.0 Å². The maximum Gasteiger partial charge on any atom is 0.104 e. The van der Waals surface area contributed by atoms with Crippen LogP contribution in [0.15, 0.2) is 23.7 Å². The van der Waals surface area contributed by atoms with Gasteiger partial charge in [-0.1, -0.05) is 20.4 Å². The minimum absolute atomic E-state index is 0.395. The van der Waals surface area contributed by atoms with Crippen molar-refractivity contribution < 1.29 is 0 Å². The van der Waals surface area contributed by atoms with Crippen molar-refractivity contribution in [3.63, 3.8) is 0 Å². The zero-order chi connectivity index (χ0) is 11.6. The standard InChI is InChI=1S/C12H23N3/c1-8(2)11(9(3)14-4)12(13)15(5)10-6-7-10/h8,10,14H,3,6-7,13H2,1-2,4-5H3/b12-11-. The summed E-state index contributed by atoms with van der Waals surface area (Å²) in [6.45, 7) is 8.29. The molecule has 0 saturated heterocycles. The number of nitrogens with zero attached hydrogens (tertiary/aromatic N) is 1. The minimum Gasteiger partial charge on any atom is -0.388 e. The molecule has 0 aromatic carbocycles. The van der Waals surface area contributed by atoms with Gasteiger partial charge in [0.05, 0.1) is 0 Å². The van der Waals surface area contributed by atoms with Gasteiger partial charge in [0.1, 0.15) is 5.82 Å². The average Bonchev–Trinajstić information content (AvgIpc) is 2.99. The normalized spacial score (nSPS) is 17.4. The molecule has 3 N–H and O–H groups in total. The molecule has 3 nitrogen and oxygen atoms in total. The van der Waals surface area contributed by atoms with E-state index in [9.17, 15) is 0 Å². The first-order valence-electron chi connectivity index (χ1n) is 5.58. The lowest BCUT2D eigenvalue weighted by Crippen LogP contribution is -2.30. The van der Waals surface area contributed by atoms with Crippen LogP contribution < -0.4 is 11.1 Å². The zero-order valence-corrected chi connectivity index (χ0v) is 10.3. The Morgan fingerprint density at radius 1 is 1.47 bits per heavy atom. The van der Waals surface area contributed by atoms with E-state index in [4.69, 9.17) is 5.73 Å². The van der Waals surface area contributed by atoms with E-state index in [1.807, 2.05) is 7.05 Å². The van der Waals surface area contributed by atoms with Gasteiger partial charge in [-0.2, -0.15) is 0 Å². The quantitative estimate of drug-likeness (QED) is 0.676. The van der Waals surface area contributed by atoms with Crippen LogP contribution in [-0.4, -0.2) is 25.0 Å². The van der Waals surface area contributed by atoms with Crippen LogP contribution in [0.4, 0.5) is 0 Å². The lowest BCUT2D eigenvalue weighted by Gasteiger charge is -2.25. The number of hydrogen-bond acceptors (Lipinski definition) is 3. The molecule has 1 fully saturated rings. The molecule has 0 atom stereocenters. The Hall–Kier alpha value is -1.12. The maximum atomic E-state index is 6.18. The SMILES string of the molecule is C=C(NC)/C(=C(/N)N(C)C1CC1)C(C)C. The van der Waals surface area contributed by atoms with E-state index < -0.39 is 0 Å². The van der Waals surface area contributed by atoms with Crippen LogP contribution in [0.5, 0.6) is 0 Å². The number of rotatable bonds is 5. The molecule has 0 heterocycles. The molecular weight excluding hydrogens is 186 g/mol. The summed E-state index contributed by atoms with van der Waals surface area (Å²) in [7, 11) is 3.95. The van der Waals surface area contributed by atoms with Gasteiger partial charge in [0.25, 0.3) is 0 Å². The molecular formula is C12H23N3. The highest BCUT2D eigenvalue weighted by atomic mass is 15.2. The van der Waals surface area contributed by atoms with Gasteiger partial charge < -0.3 is 16.0 Å². The van der Waals surface area contributed by atoms with Crippen LogP contribution in [0.1, 0.15) is 26.7 Å². The molecule has 0 unspecified atom stereocenters. The molecule has 1 saturated carbocycles. The molecule has 1 rings (SSSR count). The summed E-state index contributed by atoms with van der Waals surface area (Å²) < 4.78 is 0. The van der Waals surface area contributed by atoms with Crippen LogP contribution in [0.25, 0.3) is 0 Å². The second-order valence-corrected chi connectivity index (χ2v) is 4.52. The lowest BCUT2D eigenvalue weighted by atomic mass is 10.00. The molecule has 86 valence electrons. The monoisotopic (exact) mass is 209 g/mol. The topological polar surface area (TPSA) is 41.3 Å². The molecule has 0 aromatic rings. The largest absolute Gasteiger partial charge is 0.388 e. The number of hydrogen-bond donors (Lipinski definition) is 2. The second kappa shape index (κ2) is 4.60. The van der Waals surface area contributed by atoms with Crippen LogP contribution in [0, 0.1) is 5.92 Å². The smallest absolute Gasteiger partial charge is 0.104 e. The fraction of sp³-hybridized carbons (Fsp3) is 0.667. The van der Waals surface area contributed by atoms with Crippen LogP contribution in [0.2, 0.25) is 0 Å². The van der Waals surface area contributed by atoms with Crippen molar-refractivity contribution in [3.8, 4) is 0 Å². The van der Waals surface area contributed by atoms with Crippen molar-refractivity contribution in [2.75, 3.05) is 14.1 Å². The molecule has 0 aliphatic heterocycles. The predicted octanol–water partition coefficient (Wildman–Crippen LogP) is 1.64. The first kappa shape index (κ1) is 12.0. The fourth-order valence-corrected chi connectivity index (χ4v) is 1.78. The van der Waals surface area contributed by atoms with E-state index in [1.165, 1.54) is 12.8 Å². The predicted molar refractivity (Wildman–Crippen MR) is 65.0 cm³/mol. The summed E-state index contributed by atoms with van der Waals surface area (Å²) in [6.07, 6.45) is 2.52. The van der Waals surface area contributed by atoms with Gasteiger partial charge in [0.15, 0.2) is 0 Å². The molecule has 0 spiro atoms. The van der Waals surface area contributed by atoms with Crippen LogP contribution in [0.3, 0.4) is 0 Å². The molecule has 0 amide bonds. The van der Waals surface area contributed by atoms with Crippen LogP contribution >= 0.6 is 0 Å². The Bertz CT molecular complexity index is 275. The highest BCUT2D eigenvalue weighted by molar-refractivity contribution is 5.32. The Labute approximate surface area is 93.0 Å². The Morgan fingerprint density at radius 3 is 2.33 bits per heavy atom. The van der Waals surface area contributed by atoms with E-state index in [-0.39, 0.29) is 0 Å². The summed E-state index contributed by atoms with van der Waals surface area (Å²) in [5, 5.41) is 3.08. The molecule has 15 heavy (non-hydrogen) atoms. The third-order valence-electron chi connectivity index (χ3n) is 2.95. The van der Waals surface area contributed by atoms with E-state index in [0.717, 1.165) is 17.1 Å². The van der Waals surface area contributed by atoms with Crippen molar-refractivity contribution in [3.05, 3.63) is 23.7 Å². The van der Waals surface area contributed by atoms with Crippen LogP contribution in [-0.2, 0) is 0 Å². The van der Waals surface area contributed by atoms with Gasteiger partial charge in [-0.3, -0.25) is 0 Å². The number of nitrogens with two attached hydrogens (primary N) is 1. The van der Waals surface area contributed by atoms with Gasteiger partial charge in [-0.15, -0.1) is 0 Å². The molecule has 3 heteroatoms. The first-order chi connectivity index (χ1) is 6.99. The minimum atomic E-state index is 0.395. The third kappa shape index (κ3) is 2.67. The van der Waals surface area contributed by atoms with Crippen molar-refractivity contribution in [1.29, 1.82) is 0 Å². The third-order valence-corrected chi connectivity index (χ3v) is 2.95. The summed E-state index contributed by atoms with van der Waals surface area (Å²) >= 11 is 0. The highest BCUT2D eigenvalue weighted by Crippen LogP contribution is 2.30. The Kier molecular flexibility index (Phi) is 3.66. The molecule has 0 bridgehead atoms. The fourth-order valence-electron chi connectivity index (χ4n) is 1.78. The number of likely N-dealkylation sites (N-methyl/N-ethyl adjacent to an activating group) is 1. The first-order valence-corrected chi connectivity index (χ1v) is 5.58. The number of nitrogens with one attached hydrogen (secondary N) is 1. The Morgan fingerprint density at radius 2 is 2.00 bits per heavy atom. The van der Waals surface area contributed by atoms with Gasteiger partial charge in [-0.25, -0.2) is 0 Å². The van der Waals surface area contributed by atoms with E-state index >= 15 is 0 Å². The van der Waals surface area contributed by atoms with Gasteiger partial charge >= 0.3 is 0 Å². The van der Waals surface area contributed by atoms with E-state index in [1.54, 1.807) is 0 Å². The van der Waals surface area contributed by atoms with Crippen molar-refractivity contribution in [2.24, 2.45) is 11.7 Å². The lowest BCUT2D eigenvalue weighted by molar-refractivity contribution is 0.393. The summed E-state index contributed by atoms with van der Waals surface area (Å²) in [5.74, 6) is 1.26. The Balaban J connectivity index is 2.91. The van der Waals surface area contributed by atoms with Crippen molar-refractivity contribution in [1.82, 2.24) is 10.2 Å². The van der Waals surface area contributed by atoms with Gasteiger partial charge in [0.2, 0.25) is 0 Å².